The highest BCUT2D eigenvalue weighted by molar-refractivity contribution is 5.92. The monoisotopic (exact) mass is 293 g/mol. The zero-order chi connectivity index (χ0) is 15.7. The van der Waals surface area contributed by atoms with Crippen molar-refractivity contribution in [2.45, 2.75) is 13.8 Å². The van der Waals surface area contributed by atoms with E-state index < -0.39 is 0 Å². The average molecular weight is 293 g/mol. The van der Waals surface area contributed by atoms with Gasteiger partial charge in [-0.2, -0.15) is 0 Å². The molecule has 2 amide bonds. The molecule has 1 rings (SSSR count). The fourth-order valence-electron chi connectivity index (χ4n) is 1.84. The Morgan fingerprint density at radius 2 is 2.10 bits per heavy atom. The smallest absolute Gasteiger partial charge is 0.238 e. The van der Waals surface area contributed by atoms with Gasteiger partial charge in [0.05, 0.1) is 13.7 Å². The molecule has 0 aliphatic heterocycles. The minimum Gasteiger partial charge on any atom is -0.497 e. The third kappa shape index (κ3) is 6.76. The summed E-state index contributed by atoms with van der Waals surface area (Å²) in [5.74, 6) is 0.547. The molecule has 0 unspecified atom stereocenters. The van der Waals surface area contributed by atoms with Gasteiger partial charge in [0.2, 0.25) is 11.8 Å². The average Bonchev–Trinajstić information content (AvgIpc) is 2.46. The molecule has 6 heteroatoms. The van der Waals surface area contributed by atoms with Gasteiger partial charge in [-0.1, -0.05) is 13.0 Å². The predicted octanol–water partition coefficient (Wildman–Crippen LogP) is 1.09. The predicted molar refractivity (Wildman–Crippen MR) is 82.4 cm³/mol. The number of carbonyl (C=O) groups is 2. The molecule has 0 radical (unpaired) electrons. The van der Waals surface area contributed by atoms with Gasteiger partial charge in [-0.05, 0) is 18.7 Å². The maximum atomic E-state index is 12.0. The summed E-state index contributed by atoms with van der Waals surface area (Å²) >= 11 is 0. The Hall–Kier alpha value is -2.08. The number of carbonyl (C=O) groups excluding carboxylic acids is 2. The van der Waals surface area contributed by atoms with Crippen LogP contribution in [0.25, 0.3) is 0 Å². The summed E-state index contributed by atoms with van der Waals surface area (Å²) in [7, 11) is 1.59. The lowest BCUT2D eigenvalue weighted by molar-refractivity contribution is -0.119. The Labute approximate surface area is 125 Å². The summed E-state index contributed by atoms with van der Waals surface area (Å²) in [6.45, 7) is 5.66. The first-order valence-corrected chi connectivity index (χ1v) is 6.95. The summed E-state index contributed by atoms with van der Waals surface area (Å²) < 4.78 is 5.11. The van der Waals surface area contributed by atoms with Gasteiger partial charge in [-0.3, -0.25) is 14.5 Å². The molecule has 0 saturated heterocycles. The Bertz CT molecular complexity index is 477. The van der Waals surface area contributed by atoms with Crippen LogP contribution in [0.1, 0.15) is 13.8 Å². The zero-order valence-electron chi connectivity index (χ0n) is 12.8. The molecule has 1 aromatic carbocycles. The lowest BCUT2D eigenvalue weighted by Gasteiger charge is -2.19. The summed E-state index contributed by atoms with van der Waals surface area (Å²) in [5, 5.41) is 5.55. The second kappa shape index (κ2) is 8.97. The maximum Gasteiger partial charge on any atom is 0.238 e. The fourth-order valence-corrected chi connectivity index (χ4v) is 1.84. The number of methoxy groups -OCH3 is 1. The van der Waals surface area contributed by atoms with E-state index in [2.05, 4.69) is 10.6 Å². The maximum absolute atomic E-state index is 12.0. The lowest BCUT2D eigenvalue weighted by atomic mass is 10.3. The van der Waals surface area contributed by atoms with Crippen molar-refractivity contribution in [3.63, 3.8) is 0 Å². The third-order valence-electron chi connectivity index (χ3n) is 2.97. The van der Waals surface area contributed by atoms with Gasteiger partial charge in [-0.25, -0.2) is 0 Å². The molecule has 21 heavy (non-hydrogen) atoms. The van der Waals surface area contributed by atoms with E-state index in [0.717, 1.165) is 6.54 Å². The molecular formula is C15H23N3O3. The number of amides is 2. The summed E-state index contributed by atoms with van der Waals surface area (Å²) in [6.07, 6.45) is 0. The third-order valence-corrected chi connectivity index (χ3v) is 2.97. The van der Waals surface area contributed by atoms with Crippen LogP contribution in [0.2, 0.25) is 0 Å². The SMILES string of the molecule is CCN(CCNC(C)=O)CC(=O)Nc1cccc(OC)c1. The van der Waals surface area contributed by atoms with Crippen molar-refractivity contribution in [3.05, 3.63) is 24.3 Å². The minimum atomic E-state index is -0.0899. The van der Waals surface area contributed by atoms with Crippen LogP contribution in [-0.2, 0) is 9.59 Å². The van der Waals surface area contributed by atoms with Crippen LogP contribution in [0.5, 0.6) is 5.75 Å². The summed E-state index contributed by atoms with van der Waals surface area (Å²) in [4.78, 5) is 24.8. The van der Waals surface area contributed by atoms with Gasteiger partial charge in [0.25, 0.3) is 0 Å². The number of rotatable bonds is 8. The quantitative estimate of drug-likeness (QED) is 0.753. The van der Waals surface area contributed by atoms with Crippen LogP contribution >= 0.6 is 0 Å². The Kier molecular flexibility index (Phi) is 7.25. The highest BCUT2D eigenvalue weighted by Gasteiger charge is 2.09. The van der Waals surface area contributed by atoms with Crippen molar-refractivity contribution in [3.8, 4) is 5.75 Å². The van der Waals surface area contributed by atoms with E-state index in [1.54, 1.807) is 13.2 Å². The topological polar surface area (TPSA) is 70.7 Å². The molecule has 0 aromatic heterocycles. The first kappa shape index (κ1) is 17.0. The van der Waals surface area contributed by atoms with Crippen LogP contribution < -0.4 is 15.4 Å². The number of likely N-dealkylation sites (N-methyl/N-ethyl adjacent to an activating group) is 1. The molecule has 0 atom stereocenters. The van der Waals surface area contributed by atoms with Crippen LogP contribution in [0.4, 0.5) is 5.69 Å². The molecular weight excluding hydrogens is 270 g/mol. The molecule has 0 heterocycles. The van der Waals surface area contributed by atoms with E-state index in [9.17, 15) is 9.59 Å². The molecule has 0 aliphatic carbocycles. The fraction of sp³-hybridized carbons (Fsp3) is 0.467. The molecule has 1 aromatic rings. The van der Waals surface area contributed by atoms with Crippen molar-refractivity contribution in [1.29, 1.82) is 0 Å². The number of hydrogen-bond donors (Lipinski definition) is 2. The molecule has 2 N–H and O–H groups in total. The molecule has 0 bridgehead atoms. The lowest BCUT2D eigenvalue weighted by Crippen LogP contribution is -2.38. The molecule has 0 spiro atoms. The number of anilines is 1. The first-order valence-electron chi connectivity index (χ1n) is 6.95. The van der Waals surface area contributed by atoms with Crippen molar-refractivity contribution in [2.75, 3.05) is 38.6 Å². The van der Waals surface area contributed by atoms with E-state index in [1.807, 2.05) is 30.0 Å². The van der Waals surface area contributed by atoms with Crippen LogP contribution in [0.3, 0.4) is 0 Å². The molecule has 116 valence electrons. The van der Waals surface area contributed by atoms with Gasteiger partial charge in [0.1, 0.15) is 5.75 Å². The number of nitrogens with zero attached hydrogens (tertiary/aromatic N) is 1. The number of nitrogens with one attached hydrogen (secondary N) is 2. The van der Waals surface area contributed by atoms with E-state index in [1.165, 1.54) is 6.92 Å². The van der Waals surface area contributed by atoms with Gasteiger partial charge in [-0.15, -0.1) is 0 Å². The van der Waals surface area contributed by atoms with E-state index in [-0.39, 0.29) is 18.4 Å². The van der Waals surface area contributed by atoms with Gasteiger partial charge >= 0.3 is 0 Å². The van der Waals surface area contributed by atoms with E-state index in [0.29, 0.717) is 24.5 Å². The minimum absolute atomic E-state index is 0.0631. The molecule has 0 saturated carbocycles. The van der Waals surface area contributed by atoms with Gasteiger partial charge in [0, 0.05) is 31.8 Å². The normalized spacial score (nSPS) is 10.3. The second-order valence-corrected chi connectivity index (χ2v) is 4.63. The largest absolute Gasteiger partial charge is 0.497 e. The zero-order valence-corrected chi connectivity index (χ0v) is 12.8. The number of benzene rings is 1. The Balaban J connectivity index is 2.44. The van der Waals surface area contributed by atoms with E-state index >= 15 is 0 Å². The Morgan fingerprint density at radius 1 is 1.33 bits per heavy atom. The van der Waals surface area contributed by atoms with Crippen LogP contribution in [-0.4, -0.2) is 50.0 Å². The molecule has 6 nitrogen and oxygen atoms in total. The van der Waals surface area contributed by atoms with Crippen molar-refractivity contribution in [2.24, 2.45) is 0 Å². The Morgan fingerprint density at radius 3 is 2.71 bits per heavy atom. The summed E-state index contributed by atoms with van der Waals surface area (Å²) in [6, 6.07) is 7.23. The standard InChI is InChI=1S/C15H23N3O3/c1-4-18(9-8-16-12(2)19)11-15(20)17-13-6-5-7-14(10-13)21-3/h5-7,10H,4,8-9,11H2,1-3H3,(H,16,19)(H,17,20). The number of hydrogen-bond acceptors (Lipinski definition) is 4. The van der Waals surface area contributed by atoms with Gasteiger partial charge < -0.3 is 15.4 Å². The number of ether oxygens (including phenoxy) is 1. The second-order valence-electron chi connectivity index (χ2n) is 4.63. The highest BCUT2D eigenvalue weighted by Crippen LogP contribution is 2.16. The summed E-state index contributed by atoms with van der Waals surface area (Å²) in [5.41, 5.74) is 0.706. The van der Waals surface area contributed by atoms with Gasteiger partial charge in [0.15, 0.2) is 0 Å². The van der Waals surface area contributed by atoms with E-state index in [4.69, 9.17) is 4.74 Å². The van der Waals surface area contributed by atoms with Crippen LogP contribution in [0.15, 0.2) is 24.3 Å². The van der Waals surface area contributed by atoms with Crippen LogP contribution in [0, 0.1) is 0 Å². The van der Waals surface area contributed by atoms with Crippen molar-refractivity contribution >= 4 is 17.5 Å². The highest BCUT2D eigenvalue weighted by atomic mass is 16.5. The molecule has 0 aliphatic rings. The van der Waals surface area contributed by atoms with Crippen molar-refractivity contribution in [1.82, 2.24) is 10.2 Å². The van der Waals surface area contributed by atoms with Crippen molar-refractivity contribution < 1.29 is 14.3 Å². The molecule has 0 fully saturated rings. The first-order chi connectivity index (χ1) is 10.0.